The van der Waals surface area contributed by atoms with E-state index in [0.717, 1.165) is 19.3 Å². The Hall–Kier alpha value is -3.43. The Morgan fingerprint density at radius 2 is 1.89 bits per heavy atom. The molecule has 4 bridgehead atoms. The van der Waals surface area contributed by atoms with Crippen molar-refractivity contribution >= 4 is 33.4 Å². The van der Waals surface area contributed by atoms with Crippen molar-refractivity contribution in [2.75, 3.05) is 28.4 Å². The van der Waals surface area contributed by atoms with Gasteiger partial charge in [-0.25, -0.2) is 14.7 Å². The highest BCUT2D eigenvalue weighted by molar-refractivity contribution is 7.90. The van der Waals surface area contributed by atoms with E-state index in [1.807, 2.05) is 6.92 Å². The number of fused-ring (bicyclic) bond motifs is 6. The SMILES string of the molecule is CC1CCC2CN(c3nc(N4C=CC(OCCC5(C(F)(F)F)CC5)N4)ccc3C(=O)NS(=O)(=O)c3cccc(n3)N1)C(C)(C)C2. The molecule has 0 aromatic carbocycles. The van der Waals surface area contributed by atoms with Crippen molar-refractivity contribution in [3.05, 3.63) is 48.2 Å². The van der Waals surface area contributed by atoms with Gasteiger partial charge >= 0.3 is 6.18 Å². The number of carbonyl (C=O) groups is 1. The second-order valence-corrected chi connectivity index (χ2v) is 14.7. The number of ether oxygens (including phenoxy) is 1. The van der Waals surface area contributed by atoms with Crippen molar-refractivity contribution in [3.8, 4) is 0 Å². The first-order valence-corrected chi connectivity index (χ1v) is 16.7. The van der Waals surface area contributed by atoms with Crippen LogP contribution in [0.2, 0.25) is 0 Å². The summed E-state index contributed by atoms with van der Waals surface area (Å²) >= 11 is 0. The largest absolute Gasteiger partial charge is 0.394 e. The third-order valence-electron chi connectivity index (χ3n) is 9.20. The van der Waals surface area contributed by atoms with Crippen LogP contribution in [0.15, 0.2) is 47.6 Å². The number of nitrogens with one attached hydrogen (secondary N) is 3. The van der Waals surface area contributed by atoms with E-state index in [-0.39, 0.29) is 48.0 Å². The lowest BCUT2D eigenvalue weighted by atomic mass is 9.92. The fourth-order valence-corrected chi connectivity index (χ4v) is 7.36. The maximum Gasteiger partial charge on any atom is 0.394 e. The van der Waals surface area contributed by atoms with Gasteiger partial charge in [0, 0.05) is 30.9 Å². The van der Waals surface area contributed by atoms with Crippen LogP contribution in [0.3, 0.4) is 0 Å². The van der Waals surface area contributed by atoms with E-state index < -0.39 is 33.7 Å². The third kappa shape index (κ3) is 6.47. The number of sulfonamides is 1. The van der Waals surface area contributed by atoms with Gasteiger partial charge in [0.15, 0.2) is 5.03 Å². The zero-order valence-electron chi connectivity index (χ0n) is 25.4. The monoisotopic (exact) mass is 649 g/mol. The first-order valence-electron chi connectivity index (χ1n) is 15.2. The average Bonchev–Trinajstić information content (AvgIpc) is 3.51. The van der Waals surface area contributed by atoms with E-state index in [4.69, 9.17) is 9.72 Å². The summed E-state index contributed by atoms with van der Waals surface area (Å²) in [5.74, 6) is 0.610. The highest BCUT2D eigenvalue weighted by Crippen LogP contribution is 2.59. The smallest absolute Gasteiger partial charge is 0.368 e. The van der Waals surface area contributed by atoms with Crippen LogP contribution in [-0.2, 0) is 14.8 Å². The number of amides is 1. The van der Waals surface area contributed by atoms with Gasteiger partial charge in [-0.2, -0.15) is 27.0 Å². The predicted octanol–water partition coefficient (Wildman–Crippen LogP) is 4.71. The fraction of sp³-hybridized carbons (Fsp3) is 0.567. The minimum absolute atomic E-state index is 0.0378. The first kappa shape index (κ1) is 31.5. The molecule has 3 unspecified atom stereocenters. The van der Waals surface area contributed by atoms with Crippen LogP contribution in [0.25, 0.3) is 0 Å². The molecule has 2 aromatic heterocycles. The molecule has 244 valence electrons. The van der Waals surface area contributed by atoms with Gasteiger partial charge in [-0.15, -0.1) is 0 Å². The van der Waals surface area contributed by atoms with Crippen LogP contribution < -0.4 is 25.4 Å². The van der Waals surface area contributed by atoms with E-state index >= 15 is 0 Å². The standard InChI is InChI=1S/C30H38F3N7O4S/c1-19-7-8-20-17-28(2,3)39(18-20)26-21(27(41)38-45(42,43)25-6-4-5-22(34-19)35-25)9-10-23(36-26)40-15-11-24(37-40)44-16-14-29(12-13-29)30(31,32)33/h4-6,9-11,15,19-20,24,37H,7-8,12-14,16-18H2,1-3H3,(H,34,35)(H,38,41). The van der Waals surface area contributed by atoms with Crippen LogP contribution in [0, 0.1) is 11.3 Å². The zero-order chi connectivity index (χ0) is 32.2. The number of anilines is 3. The van der Waals surface area contributed by atoms with Crippen LogP contribution in [0.1, 0.15) is 69.7 Å². The number of pyridine rings is 2. The molecule has 6 rings (SSSR count). The summed E-state index contributed by atoms with van der Waals surface area (Å²) in [6.07, 6.45) is 1.18. The van der Waals surface area contributed by atoms with E-state index in [2.05, 4.69) is 39.2 Å². The maximum atomic E-state index is 13.6. The van der Waals surface area contributed by atoms with Gasteiger partial charge in [-0.05, 0) is 95.6 Å². The summed E-state index contributed by atoms with van der Waals surface area (Å²) in [5.41, 5.74) is 1.14. The summed E-state index contributed by atoms with van der Waals surface area (Å²) in [6, 6.07) is 7.74. The molecule has 1 saturated carbocycles. The van der Waals surface area contributed by atoms with Crippen molar-refractivity contribution in [2.45, 2.75) is 88.3 Å². The molecule has 4 aliphatic rings. The van der Waals surface area contributed by atoms with Crippen molar-refractivity contribution in [3.63, 3.8) is 0 Å². The number of hydrazine groups is 1. The first-order chi connectivity index (χ1) is 21.2. The Balaban J connectivity index is 1.26. The Morgan fingerprint density at radius 1 is 1.11 bits per heavy atom. The molecular formula is C30H38F3N7O4S. The van der Waals surface area contributed by atoms with E-state index in [1.54, 1.807) is 35.5 Å². The second-order valence-electron chi connectivity index (χ2n) is 13.1. The van der Waals surface area contributed by atoms with Gasteiger partial charge in [0.25, 0.3) is 15.9 Å². The highest BCUT2D eigenvalue weighted by atomic mass is 32.2. The number of alkyl halides is 3. The van der Waals surface area contributed by atoms with Gasteiger partial charge < -0.3 is 15.0 Å². The fourth-order valence-electron chi connectivity index (χ4n) is 6.42. The topological polar surface area (TPSA) is 129 Å². The summed E-state index contributed by atoms with van der Waals surface area (Å²) in [7, 11) is -4.31. The van der Waals surface area contributed by atoms with E-state index in [1.165, 1.54) is 12.1 Å². The number of hydrogen-bond acceptors (Lipinski definition) is 10. The normalized spacial score (nSPS) is 26.8. The summed E-state index contributed by atoms with van der Waals surface area (Å²) < 4.78 is 74.3. The lowest BCUT2D eigenvalue weighted by Gasteiger charge is -2.34. The van der Waals surface area contributed by atoms with Gasteiger partial charge in [0.2, 0.25) is 0 Å². The van der Waals surface area contributed by atoms with Gasteiger partial charge in [-0.3, -0.25) is 9.80 Å². The van der Waals surface area contributed by atoms with E-state index in [0.29, 0.717) is 29.9 Å². The number of aromatic nitrogens is 2. The zero-order valence-corrected chi connectivity index (χ0v) is 26.2. The van der Waals surface area contributed by atoms with Crippen molar-refractivity contribution in [1.29, 1.82) is 0 Å². The van der Waals surface area contributed by atoms with E-state index in [9.17, 15) is 26.4 Å². The second kappa shape index (κ2) is 11.4. The molecule has 1 aliphatic carbocycles. The molecule has 3 N–H and O–H groups in total. The maximum absolute atomic E-state index is 13.6. The third-order valence-corrected chi connectivity index (χ3v) is 10.4. The Labute approximate surface area is 260 Å². The minimum atomic E-state index is -4.31. The molecule has 2 fully saturated rings. The number of rotatable bonds is 5. The number of carbonyl (C=O) groups excluding carboxylic acids is 1. The van der Waals surface area contributed by atoms with Gasteiger partial charge in [0.05, 0.1) is 11.0 Å². The molecule has 0 radical (unpaired) electrons. The summed E-state index contributed by atoms with van der Waals surface area (Å²) in [5, 5.41) is 4.57. The number of nitrogens with zero attached hydrogens (tertiary/aromatic N) is 4. The molecule has 11 nitrogen and oxygen atoms in total. The molecule has 1 amide bonds. The Kier molecular flexibility index (Phi) is 8.01. The molecule has 1 saturated heterocycles. The molecule has 0 spiro atoms. The quantitative estimate of drug-likeness (QED) is 0.419. The van der Waals surface area contributed by atoms with Crippen LogP contribution >= 0.6 is 0 Å². The molecular weight excluding hydrogens is 611 g/mol. The Bertz CT molecular complexity index is 1600. The number of hydrogen-bond donors (Lipinski definition) is 3. The van der Waals surface area contributed by atoms with Gasteiger partial charge in [0.1, 0.15) is 23.7 Å². The molecule has 3 aliphatic heterocycles. The molecule has 2 aromatic rings. The number of halogens is 3. The molecule has 15 heteroatoms. The van der Waals surface area contributed by atoms with Crippen molar-refractivity contribution in [1.82, 2.24) is 20.1 Å². The van der Waals surface area contributed by atoms with Crippen LogP contribution in [0.5, 0.6) is 0 Å². The predicted molar refractivity (Wildman–Crippen MR) is 162 cm³/mol. The minimum Gasteiger partial charge on any atom is -0.368 e. The highest BCUT2D eigenvalue weighted by Gasteiger charge is 2.62. The van der Waals surface area contributed by atoms with Gasteiger partial charge in [-0.1, -0.05) is 6.07 Å². The molecule has 45 heavy (non-hydrogen) atoms. The molecule has 3 atom stereocenters. The summed E-state index contributed by atoms with van der Waals surface area (Å²) in [6.45, 7) is 6.73. The lowest BCUT2D eigenvalue weighted by Crippen LogP contribution is -2.42. The van der Waals surface area contributed by atoms with Crippen molar-refractivity contribution in [2.24, 2.45) is 11.3 Å². The van der Waals surface area contributed by atoms with Crippen LogP contribution in [-0.4, -0.2) is 61.4 Å². The average molecular weight is 650 g/mol. The van der Waals surface area contributed by atoms with Crippen LogP contribution in [0.4, 0.5) is 30.6 Å². The lowest BCUT2D eigenvalue weighted by molar-refractivity contribution is -0.192. The Morgan fingerprint density at radius 3 is 2.62 bits per heavy atom. The molecule has 5 heterocycles. The summed E-state index contributed by atoms with van der Waals surface area (Å²) in [4.78, 5) is 24.7. The van der Waals surface area contributed by atoms with Crippen molar-refractivity contribution < 1.29 is 31.1 Å².